The molecule has 1 heterocycles. The molecule has 4 heteroatoms. The summed E-state index contributed by atoms with van der Waals surface area (Å²) in [6, 6.07) is 10.3. The first-order valence-electron chi connectivity index (χ1n) is 8.60. The van der Waals surface area contributed by atoms with Crippen LogP contribution in [0.3, 0.4) is 0 Å². The molecule has 25 heavy (non-hydrogen) atoms. The van der Waals surface area contributed by atoms with Gasteiger partial charge in [-0.2, -0.15) is 0 Å². The summed E-state index contributed by atoms with van der Waals surface area (Å²) >= 11 is 1.34. The quantitative estimate of drug-likeness (QED) is 0.528. The van der Waals surface area contributed by atoms with Crippen molar-refractivity contribution in [3.05, 3.63) is 51.9 Å². The Morgan fingerprint density at radius 1 is 1.08 bits per heavy atom. The Labute approximate surface area is 153 Å². The molecule has 2 aromatic rings. The van der Waals surface area contributed by atoms with Crippen LogP contribution in [-0.4, -0.2) is 19.3 Å². The van der Waals surface area contributed by atoms with Crippen LogP contribution in [0.1, 0.15) is 66.9 Å². The molecule has 3 nitrogen and oxygen atoms in total. The summed E-state index contributed by atoms with van der Waals surface area (Å²) in [6.07, 6.45) is 4.29. The number of benzene rings is 1. The van der Waals surface area contributed by atoms with Crippen LogP contribution in [-0.2, 0) is 15.6 Å². The monoisotopic (exact) mass is 355 g/mol. The maximum atomic E-state index is 11.5. The van der Waals surface area contributed by atoms with Gasteiger partial charge in [0.15, 0.2) is 0 Å². The molecule has 0 saturated heterocycles. The highest BCUT2D eigenvalue weighted by Crippen LogP contribution is 2.45. The molecule has 0 radical (unpaired) electrons. The minimum absolute atomic E-state index is 0.190. The van der Waals surface area contributed by atoms with E-state index in [9.17, 15) is 4.79 Å². The number of carbonyl (C=O) groups excluding carboxylic acids is 1. The molecule has 1 aliphatic carbocycles. The zero-order chi connectivity index (χ0) is 18.2. The molecule has 0 spiro atoms. The topological polar surface area (TPSA) is 38.7 Å². The number of nitrogens with zero attached hydrogens (tertiary/aromatic N) is 1. The summed E-state index contributed by atoms with van der Waals surface area (Å²) in [4.78, 5) is 16.6. The van der Waals surface area contributed by atoms with Crippen molar-refractivity contribution in [2.24, 2.45) is 4.99 Å². The molecule has 0 atom stereocenters. The minimum Gasteiger partial charge on any atom is -0.465 e. The lowest BCUT2D eigenvalue weighted by atomic mass is 9.63. The maximum Gasteiger partial charge on any atom is 0.348 e. The molecule has 0 fully saturated rings. The van der Waals surface area contributed by atoms with Gasteiger partial charge in [-0.05, 0) is 58.6 Å². The Morgan fingerprint density at radius 3 is 2.44 bits per heavy atom. The number of methoxy groups -OCH3 is 1. The van der Waals surface area contributed by atoms with E-state index >= 15 is 0 Å². The molecule has 1 aliphatic rings. The summed E-state index contributed by atoms with van der Waals surface area (Å²) in [6.45, 7) is 9.30. The van der Waals surface area contributed by atoms with Gasteiger partial charge in [0.1, 0.15) is 9.88 Å². The number of rotatable bonds is 3. The Balaban J connectivity index is 1.89. The van der Waals surface area contributed by atoms with Gasteiger partial charge in [-0.1, -0.05) is 39.8 Å². The summed E-state index contributed by atoms with van der Waals surface area (Å²) in [5, 5.41) is 0.803. The number of thiophene rings is 1. The highest BCUT2D eigenvalue weighted by atomic mass is 32.1. The molecule has 132 valence electrons. The van der Waals surface area contributed by atoms with Gasteiger partial charge < -0.3 is 4.74 Å². The number of fused-ring (bicyclic) bond motifs is 1. The molecular formula is C21H25NO2S. The van der Waals surface area contributed by atoms with Gasteiger partial charge in [0.25, 0.3) is 0 Å². The van der Waals surface area contributed by atoms with Gasteiger partial charge in [0.05, 0.1) is 7.11 Å². The molecule has 1 aromatic carbocycles. The summed E-state index contributed by atoms with van der Waals surface area (Å²) in [7, 11) is 1.39. The van der Waals surface area contributed by atoms with Gasteiger partial charge in [-0.25, -0.2) is 9.79 Å². The van der Waals surface area contributed by atoms with Crippen LogP contribution in [0.2, 0.25) is 0 Å². The van der Waals surface area contributed by atoms with Gasteiger partial charge in [-0.3, -0.25) is 0 Å². The number of aliphatic imine (C=N–C) groups is 1. The Kier molecular flexibility index (Phi) is 4.58. The van der Waals surface area contributed by atoms with E-state index in [4.69, 9.17) is 4.74 Å². The molecule has 0 aliphatic heterocycles. The molecule has 0 N–H and O–H groups in total. The SMILES string of the molecule is COC(=O)c1ccc(N=Cc2ccc3c(c2)C(C)(C)CCC3(C)C)s1. The van der Waals surface area contributed by atoms with E-state index in [1.54, 1.807) is 6.07 Å². The average molecular weight is 356 g/mol. The molecule has 3 rings (SSSR count). The highest BCUT2D eigenvalue weighted by Gasteiger charge is 2.36. The first-order valence-corrected chi connectivity index (χ1v) is 9.42. The number of esters is 1. The second-order valence-electron chi connectivity index (χ2n) is 7.96. The smallest absolute Gasteiger partial charge is 0.348 e. The van der Waals surface area contributed by atoms with Crippen molar-refractivity contribution in [3.63, 3.8) is 0 Å². The van der Waals surface area contributed by atoms with Crippen molar-refractivity contribution in [3.8, 4) is 0 Å². The van der Waals surface area contributed by atoms with Gasteiger partial charge in [-0.15, -0.1) is 11.3 Å². The number of hydrogen-bond donors (Lipinski definition) is 0. The van der Waals surface area contributed by atoms with E-state index in [1.807, 2.05) is 12.3 Å². The summed E-state index contributed by atoms with van der Waals surface area (Å²) in [5.74, 6) is -0.316. The van der Waals surface area contributed by atoms with Crippen LogP contribution in [0.4, 0.5) is 5.00 Å². The van der Waals surface area contributed by atoms with Crippen molar-refractivity contribution in [1.82, 2.24) is 0 Å². The standard InChI is InChI=1S/C21H25NO2S/c1-20(2)10-11-21(3,4)16-12-14(6-7-15(16)20)13-22-18-9-8-17(25-18)19(23)24-5/h6-9,12-13H,10-11H2,1-5H3. The largest absolute Gasteiger partial charge is 0.465 e. The third kappa shape index (κ3) is 3.54. The van der Waals surface area contributed by atoms with Crippen LogP contribution in [0.25, 0.3) is 0 Å². The lowest BCUT2D eigenvalue weighted by Crippen LogP contribution is -2.33. The number of hydrogen-bond acceptors (Lipinski definition) is 4. The lowest BCUT2D eigenvalue weighted by Gasteiger charge is -2.42. The van der Waals surface area contributed by atoms with Crippen molar-refractivity contribution in [2.75, 3.05) is 7.11 Å². The fourth-order valence-electron chi connectivity index (χ4n) is 3.43. The normalized spacial score (nSPS) is 18.1. The second-order valence-corrected chi connectivity index (χ2v) is 9.02. The van der Waals surface area contributed by atoms with E-state index in [1.165, 1.54) is 42.4 Å². The zero-order valence-corrected chi connectivity index (χ0v) is 16.4. The fraction of sp³-hybridized carbons (Fsp3) is 0.429. The van der Waals surface area contributed by atoms with E-state index in [2.05, 4.69) is 50.9 Å². The predicted molar refractivity (Wildman–Crippen MR) is 105 cm³/mol. The molecule has 0 unspecified atom stereocenters. The van der Waals surface area contributed by atoms with E-state index in [0.29, 0.717) is 4.88 Å². The minimum atomic E-state index is -0.316. The van der Waals surface area contributed by atoms with Crippen molar-refractivity contribution in [2.45, 2.75) is 51.4 Å². The van der Waals surface area contributed by atoms with Crippen molar-refractivity contribution < 1.29 is 9.53 Å². The molecule has 0 saturated carbocycles. The first kappa shape index (κ1) is 17.9. The van der Waals surface area contributed by atoms with Crippen LogP contribution in [0.5, 0.6) is 0 Å². The third-order valence-electron chi connectivity index (χ3n) is 5.20. The van der Waals surface area contributed by atoms with Crippen LogP contribution < -0.4 is 0 Å². The van der Waals surface area contributed by atoms with E-state index < -0.39 is 0 Å². The fourth-order valence-corrected chi connectivity index (χ4v) is 4.20. The molecule has 0 amide bonds. The van der Waals surface area contributed by atoms with Crippen molar-refractivity contribution in [1.29, 1.82) is 0 Å². The highest BCUT2D eigenvalue weighted by molar-refractivity contribution is 7.17. The van der Waals surface area contributed by atoms with E-state index in [-0.39, 0.29) is 16.8 Å². The maximum absolute atomic E-state index is 11.5. The Hall–Kier alpha value is -1.94. The zero-order valence-electron chi connectivity index (χ0n) is 15.6. The first-order chi connectivity index (χ1) is 11.7. The lowest BCUT2D eigenvalue weighted by molar-refractivity contribution is 0.0606. The number of carbonyl (C=O) groups is 1. The second kappa shape index (κ2) is 6.41. The molecular weight excluding hydrogens is 330 g/mol. The van der Waals surface area contributed by atoms with Gasteiger partial charge in [0, 0.05) is 6.21 Å². The van der Waals surface area contributed by atoms with Crippen LogP contribution in [0.15, 0.2) is 35.3 Å². The molecule has 1 aromatic heterocycles. The predicted octanol–water partition coefficient (Wildman–Crippen LogP) is 5.63. The van der Waals surface area contributed by atoms with Gasteiger partial charge in [0.2, 0.25) is 0 Å². The Morgan fingerprint density at radius 2 is 1.76 bits per heavy atom. The Bertz CT molecular complexity index is 830. The van der Waals surface area contributed by atoms with Gasteiger partial charge >= 0.3 is 5.97 Å². The average Bonchev–Trinajstić information content (AvgIpc) is 3.05. The summed E-state index contributed by atoms with van der Waals surface area (Å²) < 4.78 is 4.74. The summed E-state index contributed by atoms with van der Waals surface area (Å²) in [5.41, 5.74) is 4.39. The van der Waals surface area contributed by atoms with Crippen LogP contribution in [0, 0.1) is 0 Å². The molecule has 0 bridgehead atoms. The van der Waals surface area contributed by atoms with Crippen LogP contribution >= 0.6 is 11.3 Å². The third-order valence-corrected chi connectivity index (χ3v) is 6.17. The number of ether oxygens (including phenoxy) is 1. The van der Waals surface area contributed by atoms with Crippen molar-refractivity contribution >= 4 is 28.5 Å². The van der Waals surface area contributed by atoms with E-state index in [0.717, 1.165) is 10.6 Å².